The van der Waals surface area contributed by atoms with Crippen LogP contribution in [-0.2, 0) is 6.18 Å². The van der Waals surface area contributed by atoms with Crippen molar-refractivity contribution in [1.29, 1.82) is 5.26 Å². The summed E-state index contributed by atoms with van der Waals surface area (Å²) in [6.45, 7) is 0. The van der Waals surface area contributed by atoms with Gasteiger partial charge in [-0.2, -0.15) is 23.5 Å². The lowest BCUT2D eigenvalue weighted by atomic mass is 10.2. The van der Waals surface area contributed by atoms with Gasteiger partial charge >= 0.3 is 6.18 Å². The number of anilines is 1. The lowest BCUT2D eigenvalue weighted by molar-refractivity contribution is -0.137. The van der Waals surface area contributed by atoms with E-state index in [4.69, 9.17) is 10.00 Å². The number of aromatic nitrogens is 2. The highest BCUT2D eigenvalue weighted by Gasteiger charge is 2.30. The van der Waals surface area contributed by atoms with Crippen LogP contribution >= 0.6 is 0 Å². The molecule has 0 saturated heterocycles. The van der Waals surface area contributed by atoms with Crippen LogP contribution < -0.4 is 10.1 Å². The van der Waals surface area contributed by atoms with E-state index in [-0.39, 0.29) is 17.1 Å². The number of hydrogen-bond acceptors (Lipinski definition) is 4. The summed E-state index contributed by atoms with van der Waals surface area (Å²) in [7, 11) is 1.33. The Morgan fingerprint density at radius 3 is 2.54 bits per heavy atom. The summed E-state index contributed by atoms with van der Waals surface area (Å²) >= 11 is 0. The molecule has 3 rings (SSSR count). The number of rotatable bonds is 4. The third-order valence-corrected chi connectivity index (χ3v) is 3.83. The van der Waals surface area contributed by atoms with E-state index in [1.54, 1.807) is 12.1 Å². The van der Waals surface area contributed by atoms with Gasteiger partial charge in [-0.1, -0.05) is 6.07 Å². The van der Waals surface area contributed by atoms with Crippen LogP contribution in [0.5, 0.6) is 5.75 Å². The maximum Gasteiger partial charge on any atom is 0.416 e. The number of benzene rings is 2. The third-order valence-electron chi connectivity index (χ3n) is 3.83. The maximum absolute atomic E-state index is 12.9. The van der Waals surface area contributed by atoms with Crippen molar-refractivity contribution in [2.75, 3.05) is 12.4 Å². The summed E-state index contributed by atoms with van der Waals surface area (Å²) in [5.74, 6) is -0.504. The highest BCUT2D eigenvalue weighted by molar-refractivity contribution is 6.04. The fourth-order valence-corrected chi connectivity index (χ4v) is 2.44. The number of ether oxygens (including phenoxy) is 1. The molecule has 1 heterocycles. The highest BCUT2D eigenvalue weighted by atomic mass is 19.4. The van der Waals surface area contributed by atoms with Crippen LogP contribution in [0.25, 0.3) is 5.69 Å². The molecular formula is C19H13F3N4O2. The minimum Gasteiger partial charge on any atom is -0.493 e. The lowest BCUT2D eigenvalue weighted by Crippen LogP contribution is -2.14. The normalized spacial score (nSPS) is 11.0. The molecule has 0 aliphatic rings. The van der Waals surface area contributed by atoms with Crippen LogP contribution in [0.4, 0.5) is 18.9 Å². The number of halogens is 3. The van der Waals surface area contributed by atoms with Crippen LogP contribution in [-0.4, -0.2) is 22.8 Å². The van der Waals surface area contributed by atoms with E-state index >= 15 is 0 Å². The first-order valence-corrected chi connectivity index (χ1v) is 7.94. The quantitative estimate of drug-likeness (QED) is 0.734. The van der Waals surface area contributed by atoms with Crippen molar-refractivity contribution in [3.05, 3.63) is 71.5 Å². The van der Waals surface area contributed by atoms with E-state index in [1.165, 1.54) is 37.6 Å². The van der Waals surface area contributed by atoms with Crippen LogP contribution in [0.2, 0.25) is 0 Å². The minimum atomic E-state index is -4.50. The van der Waals surface area contributed by atoms with Crippen LogP contribution in [0.15, 0.2) is 54.7 Å². The number of methoxy groups -OCH3 is 1. The zero-order valence-electron chi connectivity index (χ0n) is 14.5. The smallest absolute Gasteiger partial charge is 0.416 e. The molecule has 2 aromatic carbocycles. The van der Waals surface area contributed by atoms with Crippen LogP contribution in [0.1, 0.15) is 21.6 Å². The standard InChI is InChI=1S/C19H13F3N4O2/c1-28-16-11-26(15-4-2-3-13(9-15)19(20,21)22)25-17(16)18(27)24-14-7-5-12(10-23)6-8-14/h2-9,11H,1H3,(H,24,27). The van der Waals surface area contributed by atoms with Crippen molar-refractivity contribution < 1.29 is 22.7 Å². The van der Waals surface area contributed by atoms with Gasteiger partial charge in [0.05, 0.1) is 36.2 Å². The summed E-state index contributed by atoms with van der Waals surface area (Å²) < 4.78 is 45.0. The molecule has 1 amide bonds. The van der Waals surface area contributed by atoms with Gasteiger partial charge in [-0.3, -0.25) is 4.79 Å². The molecule has 0 aliphatic carbocycles. The number of hydrogen-bond donors (Lipinski definition) is 1. The summed E-state index contributed by atoms with van der Waals surface area (Å²) in [4.78, 5) is 12.5. The van der Waals surface area contributed by atoms with Gasteiger partial charge in [-0.25, -0.2) is 4.68 Å². The van der Waals surface area contributed by atoms with E-state index in [9.17, 15) is 18.0 Å². The summed E-state index contributed by atoms with van der Waals surface area (Å²) in [6, 6.07) is 12.7. The first-order valence-electron chi connectivity index (χ1n) is 7.94. The second kappa shape index (κ2) is 7.44. The molecule has 142 valence electrons. The van der Waals surface area contributed by atoms with Crippen molar-refractivity contribution in [2.24, 2.45) is 0 Å². The van der Waals surface area contributed by atoms with Gasteiger partial charge in [0.1, 0.15) is 0 Å². The molecule has 9 heteroatoms. The minimum absolute atomic E-state index is 0.0933. The van der Waals surface area contributed by atoms with Gasteiger partial charge in [-0.05, 0) is 42.5 Å². The van der Waals surface area contributed by atoms with Gasteiger partial charge in [0.15, 0.2) is 11.4 Å². The van der Waals surface area contributed by atoms with Crippen molar-refractivity contribution in [3.63, 3.8) is 0 Å². The highest BCUT2D eigenvalue weighted by Crippen LogP contribution is 2.31. The SMILES string of the molecule is COc1cn(-c2cccc(C(F)(F)F)c2)nc1C(=O)Nc1ccc(C#N)cc1. The fourth-order valence-electron chi connectivity index (χ4n) is 2.44. The largest absolute Gasteiger partial charge is 0.493 e. The molecule has 28 heavy (non-hydrogen) atoms. The van der Waals surface area contributed by atoms with E-state index < -0.39 is 17.6 Å². The Morgan fingerprint density at radius 2 is 1.93 bits per heavy atom. The zero-order valence-corrected chi connectivity index (χ0v) is 14.5. The van der Waals surface area contributed by atoms with Gasteiger partial charge in [0.25, 0.3) is 5.91 Å². The van der Waals surface area contributed by atoms with E-state index in [0.29, 0.717) is 11.3 Å². The molecule has 3 aromatic rings. The molecule has 0 radical (unpaired) electrons. The van der Waals surface area contributed by atoms with E-state index in [1.807, 2.05) is 6.07 Å². The predicted molar refractivity (Wildman–Crippen MR) is 94.2 cm³/mol. The molecule has 0 saturated carbocycles. The Hall–Kier alpha value is -3.80. The number of nitrogens with one attached hydrogen (secondary N) is 1. The first-order chi connectivity index (χ1) is 13.3. The lowest BCUT2D eigenvalue weighted by Gasteiger charge is -2.08. The topological polar surface area (TPSA) is 79.9 Å². The number of carbonyl (C=O) groups excluding carboxylic acids is 1. The third kappa shape index (κ3) is 3.96. The van der Waals surface area contributed by atoms with Gasteiger partial charge in [0, 0.05) is 5.69 Å². The van der Waals surface area contributed by atoms with E-state index in [0.717, 1.165) is 16.8 Å². The summed E-state index contributed by atoms with van der Waals surface area (Å²) in [5.41, 5.74) is 0.0712. The maximum atomic E-state index is 12.9. The molecular weight excluding hydrogens is 373 g/mol. The Bertz CT molecular complexity index is 1050. The molecule has 0 bridgehead atoms. The zero-order chi connectivity index (χ0) is 20.3. The average molecular weight is 386 g/mol. The molecule has 0 atom stereocenters. The Kier molecular flexibility index (Phi) is 5.04. The summed E-state index contributed by atoms with van der Waals surface area (Å²) in [5, 5.41) is 15.5. The van der Waals surface area contributed by atoms with E-state index in [2.05, 4.69) is 10.4 Å². The predicted octanol–water partition coefficient (Wildman–Crippen LogP) is 4.02. The number of alkyl halides is 3. The second-order valence-corrected chi connectivity index (χ2v) is 5.68. The second-order valence-electron chi connectivity index (χ2n) is 5.68. The van der Waals surface area contributed by atoms with Crippen molar-refractivity contribution in [1.82, 2.24) is 9.78 Å². The summed E-state index contributed by atoms with van der Waals surface area (Å²) in [6.07, 6.45) is -3.17. The molecule has 0 spiro atoms. The Labute approximate surface area is 157 Å². The fraction of sp³-hybridized carbons (Fsp3) is 0.105. The molecule has 0 unspecified atom stereocenters. The van der Waals surface area contributed by atoms with Crippen LogP contribution in [0, 0.1) is 11.3 Å². The number of nitriles is 1. The molecule has 0 aliphatic heterocycles. The molecule has 1 aromatic heterocycles. The van der Waals surface area contributed by atoms with Crippen LogP contribution in [0.3, 0.4) is 0 Å². The monoisotopic (exact) mass is 386 g/mol. The van der Waals surface area contributed by atoms with Crippen molar-refractivity contribution in [3.8, 4) is 17.5 Å². The number of carbonyl (C=O) groups is 1. The van der Waals surface area contributed by atoms with Crippen molar-refractivity contribution in [2.45, 2.75) is 6.18 Å². The van der Waals surface area contributed by atoms with Gasteiger partial charge in [0.2, 0.25) is 0 Å². The van der Waals surface area contributed by atoms with Gasteiger partial charge in [-0.15, -0.1) is 0 Å². The molecule has 0 fully saturated rings. The molecule has 1 N–H and O–H groups in total. The van der Waals surface area contributed by atoms with Gasteiger partial charge < -0.3 is 10.1 Å². The molecule has 6 nitrogen and oxygen atoms in total. The first kappa shape index (κ1) is 19.0. The Morgan fingerprint density at radius 1 is 1.21 bits per heavy atom. The average Bonchev–Trinajstić information content (AvgIpc) is 3.13. The Balaban J connectivity index is 1.90. The number of nitrogens with zero attached hydrogens (tertiary/aromatic N) is 3. The van der Waals surface area contributed by atoms with Crippen molar-refractivity contribution >= 4 is 11.6 Å². The number of amides is 1.